The van der Waals surface area contributed by atoms with Crippen LogP contribution in [0.2, 0.25) is 0 Å². The van der Waals surface area contributed by atoms with Crippen molar-refractivity contribution in [1.82, 2.24) is 4.98 Å². The molecule has 1 unspecified atom stereocenters. The number of thiazole rings is 1. The summed E-state index contributed by atoms with van der Waals surface area (Å²) >= 11 is 1.70. The van der Waals surface area contributed by atoms with Crippen molar-refractivity contribution in [3.05, 3.63) is 41.4 Å². The van der Waals surface area contributed by atoms with Crippen LogP contribution in [0, 0.1) is 0 Å². The molecule has 2 nitrogen and oxygen atoms in total. The molecule has 0 saturated heterocycles. The van der Waals surface area contributed by atoms with Crippen molar-refractivity contribution in [2.24, 2.45) is 5.73 Å². The highest BCUT2D eigenvalue weighted by atomic mass is 32.1. The first-order valence-electron chi connectivity index (χ1n) is 5.56. The van der Waals surface area contributed by atoms with Gasteiger partial charge in [0.25, 0.3) is 0 Å². The molecule has 0 aliphatic heterocycles. The molecule has 0 saturated carbocycles. The van der Waals surface area contributed by atoms with E-state index in [4.69, 9.17) is 5.73 Å². The van der Waals surface area contributed by atoms with E-state index in [-0.39, 0.29) is 0 Å². The highest BCUT2D eigenvalue weighted by Crippen LogP contribution is 2.27. The van der Waals surface area contributed by atoms with Gasteiger partial charge in [0, 0.05) is 23.4 Å². The fourth-order valence-corrected chi connectivity index (χ4v) is 2.59. The smallest absolute Gasteiger partial charge is 0.123 e. The lowest BCUT2D eigenvalue weighted by Crippen LogP contribution is -2.11. The second-order valence-corrected chi connectivity index (χ2v) is 4.64. The summed E-state index contributed by atoms with van der Waals surface area (Å²) in [7, 11) is 0. The molecule has 1 heterocycles. The Hall–Kier alpha value is -1.19. The Morgan fingerprint density at radius 2 is 2.06 bits per heavy atom. The summed E-state index contributed by atoms with van der Waals surface area (Å²) in [5.41, 5.74) is 8.05. The van der Waals surface area contributed by atoms with Crippen molar-refractivity contribution in [1.29, 1.82) is 0 Å². The molecule has 2 aromatic rings. The largest absolute Gasteiger partial charge is 0.330 e. The van der Waals surface area contributed by atoms with Crippen LogP contribution in [-0.4, -0.2) is 11.5 Å². The summed E-state index contributed by atoms with van der Waals surface area (Å²) in [6, 6.07) is 10.3. The molecular weight excluding hydrogens is 216 g/mol. The Morgan fingerprint density at radius 3 is 2.69 bits per heavy atom. The number of nitrogens with two attached hydrogens (primary N) is 1. The summed E-state index contributed by atoms with van der Waals surface area (Å²) in [6.07, 6.45) is 1.05. The Labute approximate surface area is 100 Å². The maximum atomic E-state index is 5.73. The van der Waals surface area contributed by atoms with Crippen molar-refractivity contribution in [3.8, 4) is 10.6 Å². The standard InChI is InChI=1S/C13H16N2S/c1-2-10(8-14)12-9-16-13(15-12)11-6-4-3-5-7-11/h3-7,9-10H,2,8,14H2,1H3. The van der Waals surface area contributed by atoms with Crippen LogP contribution in [0.25, 0.3) is 10.6 Å². The Kier molecular flexibility index (Phi) is 3.70. The van der Waals surface area contributed by atoms with Gasteiger partial charge in [-0.2, -0.15) is 0 Å². The molecule has 0 fully saturated rings. The second-order valence-electron chi connectivity index (χ2n) is 3.78. The van der Waals surface area contributed by atoms with Crippen LogP contribution in [0.15, 0.2) is 35.7 Å². The molecule has 16 heavy (non-hydrogen) atoms. The summed E-state index contributed by atoms with van der Waals surface area (Å²) in [6.45, 7) is 2.83. The van der Waals surface area contributed by atoms with Crippen LogP contribution in [0.1, 0.15) is 25.0 Å². The van der Waals surface area contributed by atoms with Gasteiger partial charge in [-0.05, 0) is 6.42 Å². The maximum Gasteiger partial charge on any atom is 0.123 e. The van der Waals surface area contributed by atoms with E-state index in [1.807, 2.05) is 18.2 Å². The molecule has 2 rings (SSSR count). The molecular formula is C13H16N2S. The SMILES string of the molecule is CCC(CN)c1csc(-c2ccccc2)n1. The number of hydrogen-bond donors (Lipinski definition) is 1. The maximum absolute atomic E-state index is 5.73. The van der Waals surface area contributed by atoms with Gasteiger partial charge in [0.1, 0.15) is 5.01 Å². The molecule has 1 aromatic carbocycles. The third-order valence-electron chi connectivity index (χ3n) is 2.74. The van der Waals surface area contributed by atoms with Gasteiger partial charge in [-0.15, -0.1) is 11.3 Å². The molecule has 0 aliphatic carbocycles. The third kappa shape index (κ3) is 2.31. The number of rotatable bonds is 4. The fraction of sp³-hybridized carbons (Fsp3) is 0.308. The van der Waals surface area contributed by atoms with Gasteiger partial charge in [-0.1, -0.05) is 37.3 Å². The van der Waals surface area contributed by atoms with Gasteiger partial charge < -0.3 is 5.73 Å². The van der Waals surface area contributed by atoms with Crippen LogP contribution in [0.4, 0.5) is 0 Å². The van der Waals surface area contributed by atoms with Crippen molar-refractivity contribution in [3.63, 3.8) is 0 Å². The zero-order chi connectivity index (χ0) is 11.4. The molecule has 3 heteroatoms. The quantitative estimate of drug-likeness (QED) is 0.878. The minimum absolute atomic E-state index is 0.397. The molecule has 1 aromatic heterocycles. The summed E-state index contributed by atoms with van der Waals surface area (Å²) in [4.78, 5) is 4.66. The first-order valence-corrected chi connectivity index (χ1v) is 6.44. The highest BCUT2D eigenvalue weighted by Gasteiger charge is 2.11. The zero-order valence-corrected chi connectivity index (χ0v) is 10.2. The lowest BCUT2D eigenvalue weighted by atomic mass is 10.0. The van der Waals surface area contributed by atoms with Crippen molar-refractivity contribution < 1.29 is 0 Å². The first-order chi connectivity index (χ1) is 7.85. The topological polar surface area (TPSA) is 38.9 Å². The molecule has 1 atom stereocenters. The number of hydrogen-bond acceptors (Lipinski definition) is 3. The number of benzene rings is 1. The van der Waals surface area contributed by atoms with Crippen LogP contribution in [0.3, 0.4) is 0 Å². The minimum Gasteiger partial charge on any atom is -0.330 e. The zero-order valence-electron chi connectivity index (χ0n) is 9.39. The molecule has 0 spiro atoms. The average molecular weight is 232 g/mol. The predicted octanol–water partition coefficient (Wildman–Crippen LogP) is 3.26. The van der Waals surface area contributed by atoms with Crippen molar-refractivity contribution in [2.45, 2.75) is 19.3 Å². The van der Waals surface area contributed by atoms with Gasteiger partial charge in [-0.25, -0.2) is 4.98 Å². The van der Waals surface area contributed by atoms with E-state index in [9.17, 15) is 0 Å². The first kappa shape index (κ1) is 11.3. The van der Waals surface area contributed by atoms with Gasteiger partial charge in [0.05, 0.1) is 5.69 Å². The molecule has 0 bridgehead atoms. The van der Waals surface area contributed by atoms with E-state index < -0.39 is 0 Å². The minimum atomic E-state index is 0.397. The molecule has 2 N–H and O–H groups in total. The Morgan fingerprint density at radius 1 is 1.31 bits per heavy atom. The van der Waals surface area contributed by atoms with Crippen molar-refractivity contribution in [2.75, 3.05) is 6.54 Å². The van der Waals surface area contributed by atoms with Crippen LogP contribution >= 0.6 is 11.3 Å². The highest BCUT2D eigenvalue weighted by molar-refractivity contribution is 7.13. The summed E-state index contributed by atoms with van der Waals surface area (Å²) in [5.74, 6) is 0.397. The van der Waals surface area contributed by atoms with Gasteiger partial charge >= 0.3 is 0 Å². The van der Waals surface area contributed by atoms with Gasteiger partial charge in [-0.3, -0.25) is 0 Å². The lowest BCUT2D eigenvalue weighted by Gasteiger charge is -2.07. The molecule has 84 valence electrons. The van der Waals surface area contributed by atoms with Gasteiger partial charge in [0.15, 0.2) is 0 Å². The number of aromatic nitrogens is 1. The van der Waals surface area contributed by atoms with E-state index in [1.54, 1.807) is 11.3 Å². The van der Waals surface area contributed by atoms with Crippen LogP contribution in [-0.2, 0) is 0 Å². The number of nitrogens with zero attached hydrogens (tertiary/aromatic N) is 1. The lowest BCUT2D eigenvalue weighted by molar-refractivity contribution is 0.659. The van der Waals surface area contributed by atoms with E-state index in [2.05, 4.69) is 29.4 Å². The fourth-order valence-electron chi connectivity index (χ4n) is 1.68. The predicted molar refractivity (Wildman–Crippen MR) is 69.6 cm³/mol. The Bertz CT molecular complexity index is 432. The average Bonchev–Trinajstić information content (AvgIpc) is 2.81. The normalized spacial score (nSPS) is 12.6. The van der Waals surface area contributed by atoms with E-state index in [0.717, 1.165) is 17.1 Å². The van der Waals surface area contributed by atoms with E-state index in [0.29, 0.717) is 12.5 Å². The Balaban J connectivity index is 2.26. The van der Waals surface area contributed by atoms with Crippen molar-refractivity contribution >= 4 is 11.3 Å². The molecule has 0 aliphatic rings. The summed E-state index contributed by atoms with van der Waals surface area (Å²) in [5, 5.41) is 3.21. The molecule has 0 radical (unpaired) electrons. The monoisotopic (exact) mass is 232 g/mol. The van der Waals surface area contributed by atoms with E-state index >= 15 is 0 Å². The third-order valence-corrected chi connectivity index (χ3v) is 3.65. The van der Waals surface area contributed by atoms with E-state index in [1.165, 1.54) is 5.56 Å². The summed E-state index contributed by atoms with van der Waals surface area (Å²) < 4.78 is 0. The van der Waals surface area contributed by atoms with Gasteiger partial charge in [0.2, 0.25) is 0 Å². The molecule has 0 amide bonds. The van der Waals surface area contributed by atoms with Crippen LogP contribution in [0.5, 0.6) is 0 Å². The second kappa shape index (κ2) is 5.23. The van der Waals surface area contributed by atoms with Crippen LogP contribution < -0.4 is 5.73 Å².